The molecule has 7 heteroatoms. The van der Waals surface area contributed by atoms with Gasteiger partial charge in [-0.25, -0.2) is 13.2 Å². The molecular weight excluding hydrogens is 309 g/mol. The fraction of sp³-hybridized carbons (Fsp3) is 0.500. The highest BCUT2D eigenvalue weighted by atomic mass is 19.3. The molecular formula is C16H17F3N2O2. The van der Waals surface area contributed by atoms with Crippen molar-refractivity contribution < 1.29 is 22.8 Å². The first-order valence-electron chi connectivity index (χ1n) is 7.58. The van der Waals surface area contributed by atoms with Crippen molar-refractivity contribution in [1.29, 1.82) is 0 Å². The highest BCUT2D eigenvalue weighted by molar-refractivity contribution is 6.08. The van der Waals surface area contributed by atoms with E-state index in [1.165, 1.54) is 12.1 Å². The Morgan fingerprint density at radius 1 is 1.22 bits per heavy atom. The monoisotopic (exact) mass is 326 g/mol. The van der Waals surface area contributed by atoms with Gasteiger partial charge in [-0.3, -0.25) is 14.5 Å². The maximum atomic E-state index is 15.0. The van der Waals surface area contributed by atoms with E-state index in [1.807, 2.05) is 0 Å². The highest BCUT2D eigenvalue weighted by Crippen LogP contribution is 2.57. The molecule has 124 valence electrons. The zero-order chi connectivity index (χ0) is 16.8. The van der Waals surface area contributed by atoms with E-state index in [1.54, 1.807) is 0 Å². The molecule has 1 atom stereocenters. The molecule has 1 saturated heterocycles. The molecule has 0 bridgehead atoms. The quantitative estimate of drug-likeness (QED) is 0.908. The number of primary amides is 1. The smallest absolute Gasteiger partial charge is 0.291 e. The van der Waals surface area contributed by atoms with Crippen LogP contribution in [0.15, 0.2) is 24.3 Å². The molecule has 2 N–H and O–H groups in total. The normalized spacial score (nSPS) is 25.8. The van der Waals surface area contributed by atoms with Crippen molar-refractivity contribution in [2.24, 2.45) is 11.1 Å². The zero-order valence-electron chi connectivity index (χ0n) is 12.4. The van der Waals surface area contributed by atoms with Crippen LogP contribution >= 0.6 is 0 Å². The summed E-state index contributed by atoms with van der Waals surface area (Å²) in [6.07, 6.45) is 1.77. The van der Waals surface area contributed by atoms with Crippen LogP contribution < -0.4 is 10.6 Å². The third-order valence-electron chi connectivity index (χ3n) is 4.93. The van der Waals surface area contributed by atoms with Gasteiger partial charge in [0.05, 0.1) is 0 Å². The summed E-state index contributed by atoms with van der Waals surface area (Å²) in [6, 6.07) is 2.65. The topological polar surface area (TPSA) is 63.4 Å². The van der Waals surface area contributed by atoms with E-state index in [-0.39, 0.29) is 18.5 Å². The lowest BCUT2D eigenvalue weighted by atomic mass is 9.69. The van der Waals surface area contributed by atoms with E-state index in [0.29, 0.717) is 17.7 Å². The molecule has 1 unspecified atom stereocenters. The number of hydrogen-bond donors (Lipinski definition) is 1. The van der Waals surface area contributed by atoms with Gasteiger partial charge in [-0.05, 0) is 31.0 Å². The van der Waals surface area contributed by atoms with Crippen LogP contribution in [0.4, 0.5) is 18.9 Å². The van der Waals surface area contributed by atoms with Crippen LogP contribution in [0.3, 0.4) is 0 Å². The van der Waals surface area contributed by atoms with Crippen molar-refractivity contribution in [3.8, 4) is 0 Å². The first-order chi connectivity index (χ1) is 10.8. The molecule has 23 heavy (non-hydrogen) atoms. The standard InChI is InChI=1S/C16H17F3N2O2/c17-10-5-4-6-11(9-10)21-12(13(20)22)16(18,19)15(14(21)23)7-2-1-3-8-15/h4-6,9,12H,1-3,7-8H2,(H2,20,22). The van der Waals surface area contributed by atoms with E-state index >= 15 is 8.78 Å². The Morgan fingerprint density at radius 2 is 1.87 bits per heavy atom. The van der Waals surface area contributed by atoms with Gasteiger partial charge in [0.25, 0.3) is 5.92 Å². The predicted molar refractivity (Wildman–Crippen MR) is 77.3 cm³/mol. The Labute approximate surface area is 131 Å². The molecule has 2 amide bonds. The average Bonchev–Trinajstić information content (AvgIpc) is 2.66. The second-order valence-electron chi connectivity index (χ2n) is 6.23. The van der Waals surface area contributed by atoms with Crippen molar-refractivity contribution >= 4 is 17.5 Å². The van der Waals surface area contributed by atoms with Crippen LogP contribution in [0.2, 0.25) is 0 Å². The second-order valence-corrected chi connectivity index (χ2v) is 6.23. The summed E-state index contributed by atoms with van der Waals surface area (Å²) >= 11 is 0. The third-order valence-corrected chi connectivity index (χ3v) is 4.93. The van der Waals surface area contributed by atoms with Gasteiger partial charge in [-0.2, -0.15) is 0 Å². The van der Waals surface area contributed by atoms with Gasteiger partial charge in [-0.1, -0.05) is 25.3 Å². The van der Waals surface area contributed by atoms with E-state index in [0.717, 1.165) is 18.6 Å². The minimum absolute atomic E-state index is 0.00836. The highest BCUT2D eigenvalue weighted by Gasteiger charge is 2.73. The van der Waals surface area contributed by atoms with Crippen LogP contribution in [-0.4, -0.2) is 23.8 Å². The maximum absolute atomic E-state index is 15.0. The fourth-order valence-corrected chi connectivity index (χ4v) is 3.81. The molecule has 1 aromatic rings. The Bertz CT molecular complexity index is 656. The largest absolute Gasteiger partial charge is 0.368 e. The van der Waals surface area contributed by atoms with E-state index in [4.69, 9.17) is 5.73 Å². The van der Waals surface area contributed by atoms with Gasteiger partial charge in [0, 0.05) is 5.69 Å². The summed E-state index contributed by atoms with van der Waals surface area (Å²) in [7, 11) is 0. The molecule has 4 nitrogen and oxygen atoms in total. The first kappa shape index (κ1) is 15.8. The van der Waals surface area contributed by atoms with Gasteiger partial charge in [0.2, 0.25) is 11.8 Å². The summed E-state index contributed by atoms with van der Waals surface area (Å²) in [5, 5.41) is 0. The van der Waals surface area contributed by atoms with Crippen molar-refractivity contribution in [3.63, 3.8) is 0 Å². The number of hydrogen-bond acceptors (Lipinski definition) is 2. The number of carbonyl (C=O) groups excluding carboxylic acids is 2. The van der Waals surface area contributed by atoms with Crippen molar-refractivity contribution in [3.05, 3.63) is 30.1 Å². The summed E-state index contributed by atoms with van der Waals surface area (Å²) in [6.45, 7) is 0. The lowest BCUT2D eigenvalue weighted by Crippen LogP contribution is -2.52. The van der Waals surface area contributed by atoms with Crippen molar-refractivity contribution in [2.45, 2.75) is 44.1 Å². The zero-order valence-corrected chi connectivity index (χ0v) is 12.4. The Kier molecular flexibility index (Phi) is 3.61. The van der Waals surface area contributed by atoms with E-state index in [9.17, 15) is 14.0 Å². The molecule has 0 radical (unpaired) electrons. The number of rotatable bonds is 2. The average molecular weight is 326 g/mol. The number of nitrogens with two attached hydrogens (primary N) is 1. The number of carbonyl (C=O) groups is 2. The first-order valence-corrected chi connectivity index (χ1v) is 7.58. The van der Waals surface area contributed by atoms with Gasteiger partial charge >= 0.3 is 0 Å². The Hall–Kier alpha value is -2.05. The number of halogens is 3. The number of benzene rings is 1. The van der Waals surface area contributed by atoms with Gasteiger partial charge in [-0.15, -0.1) is 0 Å². The van der Waals surface area contributed by atoms with Crippen LogP contribution in [-0.2, 0) is 9.59 Å². The molecule has 1 aliphatic carbocycles. The molecule has 1 saturated carbocycles. The Balaban J connectivity index is 2.15. The maximum Gasteiger partial charge on any atom is 0.291 e. The van der Waals surface area contributed by atoms with Crippen molar-refractivity contribution in [2.75, 3.05) is 4.90 Å². The van der Waals surface area contributed by atoms with Gasteiger partial charge in [0.15, 0.2) is 6.04 Å². The summed E-state index contributed by atoms with van der Waals surface area (Å²) in [5.41, 5.74) is 3.20. The molecule has 1 aliphatic heterocycles. The molecule has 3 rings (SSSR count). The van der Waals surface area contributed by atoms with Crippen molar-refractivity contribution in [1.82, 2.24) is 0 Å². The SMILES string of the molecule is NC(=O)C1N(c2cccc(F)c2)C(=O)C2(CCCCC2)C1(F)F. The predicted octanol–water partition coefficient (Wildman–Crippen LogP) is 2.61. The number of anilines is 1. The second kappa shape index (κ2) is 5.25. The van der Waals surface area contributed by atoms with Crippen LogP contribution in [0.25, 0.3) is 0 Å². The number of nitrogens with zero attached hydrogens (tertiary/aromatic N) is 1. The molecule has 1 spiro atoms. The minimum atomic E-state index is -3.58. The molecule has 2 fully saturated rings. The summed E-state index contributed by atoms with van der Waals surface area (Å²) in [4.78, 5) is 25.2. The summed E-state index contributed by atoms with van der Waals surface area (Å²) in [5.74, 6) is -6.37. The van der Waals surface area contributed by atoms with Gasteiger partial charge < -0.3 is 5.73 Å². The van der Waals surface area contributed by atoms with E-state index in [2.05, 4.69) is 0 Å². The third kappa shape index (κ3) is 2.13. The molecule has 1 heterocycles. The molecule has 2 aliphatic rings. The lowest BCUT2D eigenvalue weighted by molar-refractivity contribution is -0.156. The van der Waals surface area contributed by atoms with E-state index < -0.39 is 35.0 Å². The summed E-state index contributed by atoms with van der Waals surface area (Å²) < 4.78 is 43.5. The minimum Gasteiger partial charge on any atom is -0.368 e. The number of alkyl halides is 2. The molecule has 0 aromatic heterocycles. The van der Waals surface area contributed by atoms with Crippen LogP contribution in [0.1, 0.15) is 32.1 Å². The van der Waals surface area contributed by atoms with Gasteiger partial charge in [0.1, 0.15) is 11.2 Å². The number of amides is 2. The molecule has 1 aromatic carbocycles. The van der Waals surface area contributed by atoms with Crippen LogP contribution in [0.5, 0.6) is 0 Å². The fourth-order valence-electron chi connectivity index (χ4n) is 3.81. The Morgan fingerprint density at radius 3 is 2.43 bits per heavy atom. The van der Waals surface area contributed by atoms with Crippen LogP contribution in [0, 0.1) is 11.2 Å². The lowest BCUT2D eigenvalue weighted by Gasteiger charge is -2.36.